The van der Waals surface area contributed by atoms with Crippen LogP contribution in [0.15, 0.2) is 58.2 Å². The molecule has 0 spiro atoms. The number of benzene rings is 2. The number of hydrogen-bond donors (Lipinski definition) is 0. The lowest BCUT2D eigenvalue weighted by atomic mass is 10.2. The minimum Gasteiger partial charge on any atom is -0.293 e. The summed E-state index contributed by atoms with van der Waals surface area (Å²) in [5.74, 6) is 0.329. The molecule has 0 saturated carbocycles. The number of carbonyl (C=O) groups excluding carboxylic acids is 1. The number of Topliss-reactive ketones (excluding diaryl/α,β-unsaturated/α-hetero) is 1. The number of halogens is 1. The maximum Gasteiger partial charge on any atom is 0.214 e. The summed E-state index contributed by atoms with van der Waals surface area (Å²) in [6.45, 7) is 2.00. The van der Waals surface area contributed by atoms with Gasteiger partial charge in [0.05, 0.1) is 11.4 Å². The predicted molar refractivity (Wildman–Crippen MR) is 93.1 cm³/mol. The molecule has 23 heavy (non-hydrogen) atoms. The van der Waals surface area contributed by atoms with Crippen LogP contribution in [0.25, 0.3) is 5.69 Å². The van der Waals surface area contributed by atoms with Gasteiger partial charge in [-0.2, -0.15) is 4.68 Å². The second-order valence-corrected chi connectivity index (χ2v) is 6.74. The van der Waals surface area contributed by atoms with Gasteiger partial charge in [0.2, 0.25) is 5.16 Å². The smallest absolute Gasteiger partial charge is 0.214 e. The van der Waals surface area contributed by atoms with Crippen molar-refractivity contribution in [1.29, 1.82) is 0 Å². The average Bonchev–Trinajstić information content (AvgIpc) is 3.02. The van der Waals surface area contributed by atoms with Crippen molar-refractivity contribution < 1.29 is 4.79 Å². The van der Waals surface area contributed by atoms with Crippen LogP contribution >= 0.6 is 27.7 Å². The standard InChI is InChI=1S/C16H13BrN4OS/c1-11-4-2-3-5-14(11)21-16(18-19-20-21)23-10-15(22)12-6-8-13(17)9-7-12/h2-9H,10H2,1H3. The van der Waals surface area contributed by atoms with Crippen LogP contribution in [0, 0.1) is 6.92 Å². The van der Waals surface area contributed by atoms with E-state index < -0.39 is 0 Å². The van der Waals surface area contributed by atoms with Gasteiger partial charge in [0.25, 0.3) is 0 Å². The van der Waals surface area contributed by atoms with Crippen molar-refractivity contribution in [3.8, 4) is 5.69 Å². The van der Waals surface area contributed by atoms with E-state index >= 15 is 0 Å². The molecule has 1 aromatic heterocycles. The van der Waals surface area contributed by atoms with Crippen molar-refractivity contribution in [2.75, 3.05) is 5.75 Å². The molecule has 0 saturated heterocycles. The maximum absolute atomic E-state index is 12.3. The Morgan fingerprint density at radius 2 is 1.91 bits per heavy atom. The van der Waals surface area contributed by atoms with Crippen LogP contribution in [0.1, 0.15) is 15.9 Å². The molecule has 0 aliphatic heterocycles. The second-order valence-electron chi connectivity index (χ2n) is 4.88. The quantitative estimate of drug-likeness (QED) is 0.492. The van der Waals surface area contributed by atoms with Gasteiger partial charge in [-0.15, -0.1) is 5.10 Å². The number of thioether (sulfide) groups is 1. The van der Waals surface area contributed by atoms with Crippen molar-refractivity contribution in [2.24, 2.45) is 0 Å². The van der Waals surface area contributed by atoms with Gasteiger partial charge in [-0.05, 0) is 41.1 Å². The van der Waals surface area contributed by atoms with Crippen LogP contribution in [-0.2, 0) is 0 Å². The van der Waals surface area contributed by atoms with Crippen molar-refractivity contribution in [1.82, 2.24) is 20.2 Å². The van der Waals surface area contributed by atoms with E-state index in [0.29, 0.717) is 10.7 Å². The van der Waals surface area contributed by atoms with Crippen LogP contribution in [0.4, 0.5) is 0 Å². The Bertz CT molecular complexity index is 832. The zero-order valence-corrected chi connectivity index (χ0v) is 14.7. The summed E-state index contributed by atoms with van der Waals surface area (Å²) in [7, 11) is 0. The molecule has 5 nitrogen and oxygen atoms in total. The maximum atomic E-state index is 12.3. The number of carbonyl (C=O) groups is 1. The Balaban J connectivity index is 1.75. The molecular weight excluding hydrogens is 376 g/mol. The summed E-state index contributed by atoms with van der Waals surface area (Å²) in [6.07, 6.45) is 0. The minimum atomic E-state index is 0.0434. The topological polar surface area (TPSA) is 60.7 Å². The van der Waals surface area contributed by atoms with E-state index in [2.05, 4.69) is 31.5 Å². The number of rotatable bonds is 5. The molecule has 7 heteroatoms. The monoisotopic (exact) mass is 388 g/mol. The van der Waals surface area contributed by atoms with Gasteiger partial charge in [0.1, 0.15) is 0 Å². The van der Waals surface area contributed by atoms with Gasteiger partial charge >= 0.3 is 0 Å². The highest BCUT2D eigenvalue weighted by molar-refractivity contribution is 9.10. The number of ketones is 1. The molecule has 0 N–H and O–H groups in total. The summed E-state index contributed by atoms with van der Waals surface area (Å²) in [5, 5.41) is 12.4. The summed E-state index contributed by atoms with van der Waals surface area (Å²) >= 11 is 4.69. The number of tetrazole rings is 1. The lowest BCUT2D eigenvalue weighted by Crippen LogP contribution is -2.05. The zero-order valence-electron chi connectivity index (χ0n) is 12.3. The van der Waals surface area contributed by atoms with Gasteiger partial charge in [-0.25, -0.2) is 0 Å². The highest BCUT2D eigenvalue weighted by Gasteiger charge is 2.13. The first-order valence-corrected chi connectivity index (χ1v) is 8.69. The number of para-hydroxylation sites is 1. The van der Waals surface area contributed by atoms with Crippen molar-refractivity contribution in [3.63, 3.8) is 0 Å². The first kappa shape index (κ1) is 15.9. The molecule has 0 unspecified atom stereocenters. The van der Waals surface area contributed by atoms with Gasteiger partial charge in [-0.1, -0.05) is 58.0 Å². The van der Waals surface area contributed by atoms with E-state index in [1.54, 1.807) is 16.8 Å². The van der Waals surface area contributed by atoms with E-state index in [4.69, 9.17) is 0 Å². The lowest BCUT2D eigenvalue weighted by Gasteiger charge is -2.06. The Labute approximate surface area is 146 Å². The Morgan fingerprint density at radius 3 is 2.65 bits per heavy atom. The summed E-state index contributed by atoms with van der Waals surface area (Å²) in [5.41, 5.74) is 2.66. The number of aryl methyl sites for hydroxylation is 1. The van der Waals surface area contributed by atoms with E-state index in [1.807, 2.05) is 43.3 Å². The first-order chi connectivity index (χ1) is 11.1. The first-order valence-electron chi connectivity index (χ1n) is 6.91. The zero-order chi connectivity index (χ0) is 16.2. The lowest BCUT2D eigenvalue weighted by molar-refractivity contribution is 0.102. The van der Waals surface area contributed by atoms with Gasteiger partial charge in [-0.3, -0.25) is 4.79 Å². The van der Waals surface area contributed by atoms with Crippen LogP contribution in [-0.4, -0.2) is 31.7 Å². The molecule has 0 fully saturated rings. The SMILES string of the molecule is Cc1ccccc1-n1nnnc1SCC(=O)c1ccc(Br)cc1. The third-order valence-corrected chi connectivity index (χ3v) is 4.73. The van der Waals surface area contributed by atoms with Crippen molar-refractivity contribution in [3.05, 3.63) is 64.1 Å². The Morgan fingerprint density at radius 1 is 1.17 bits per heavy atom. The largest absolute Gasteiger partial charge is 0.293 e. The Kier molecular flexibility index (Phi) is 4.88. The molecule has 0 amide bonds. The second kappa shape index (κ2) is 7.06. The highest BCUT2D eigenvalue weighted by atomic mass is 79.9. The van der Waals surface area contributed by atoms with Crippen LogP contribution < -0.4 is 0 Å². The van der Waals surface area contributed by atoms with Gasteiger partial charge in [0, 0.05) is 10.0 Å². The molecule has 0 atom stereocenters. The minimum absolute atomic E-state index is 0.0434. The van der Waals surface area contributed by atoms with Gasteiger partial charge < -0.3 is 0 Å². The summed E-state index contributed by atoms with van der Waals surface area (Å²) in [6, 6.07) is 15.2. The number of nitrogens with zero attached hydrogens (tertiary/aromatic N) is 4. The fourth-order valence-corrected chi connectivity index (χ4v) is 3.11. The fourth-order valence-electron chi connectivity index (χ4n) is 2.07. The highest BCUT2D eigenvalue weighted by Crippen LogP contribution is 2.21. The molecule has 0 aliphatic rings. The van der Waals surface area contributed by atoms with Gasteiger partial charge in [0.15, 0.2) is 5.78 Å². The molecular formula is C16H13BrN4OS. The molecule has 0 radical (unpaired) electrons. The van der Waals surface area contributed by atoms with Crippen molar-refractivity contribution >= 4 is 33.5 Å². The molecule has 0 bridgehead atoms. The summed E-state index contributed by atoms with van der Waals surface area (Å²) in [4.78, 5) is 12.3. The molecule has 116 valence electrons. The van der Waals surface area contributed by atoms with Crippen LogP contribution in [0.3, 0.4) is 0 Å². The van der Waals surface area contributed by atoms with E-state index in [-0.39, 0.29) is 11.5 Å². The third-order valence-electron chi connectivity index (χ3n) is 3.28. The summed E-state index contributed by atoms with van der Waals surface area (Å²) < 4.78 is 2.61. The van der Waals surface area contributed by atoms with E-state index in [9.17, 15) is 4.79 Å². The molecule has 3 aromatic rings. The molecule has 2 aromatic carbocycles. The van der Waals surface area contributed by atoms with Crippen LogP contribution in [0.5, 0.6) is 0 Å². The fraction of sp³-hybridized carbons (Fsp3) is 0.125. The molecule has 1 heterocycles. The normalized spacial score (nSPS) is 10.7. The van der Waals surface area contributed by atoms with Crippen molar-refractivity contribution in [2.45, 2.75) is 12.1 Å². The number of aromatic nitrogens is 4. The number of hydrogen-bond acceptors (Lipinski definition) is 5. The molecule has 0 aliphatic carbocycles. The Hall–Kier alpha value is -1.99. The predicted octanol–water partition coefficient (Wildman–Crippen LogP) is 3.71. The average molecular weight is 389 g/mol. The third kappa shape index (κ3) is 3.68. The van der Waals surface area contributed by atoms with E-state index in [1.165, 1.54) is 11.8 Å². The van der Waals surface area contributed by atoms with Crippen LogP contribution in [0.2, 0.25) is 0 Å². The van der Waals surface area contributed by atoms with E-state index in [0.717, 1.165) is 15.7 Å². The molecule has 3 rings (SSSR count).